The van der Waals surface area contributed by atoms with Gasteiger partial charge >= 0.3 is 0 Å². The van der Waals surface area contributed by atoms with Crippen LogP contribution in [0.5, 0.6) is 11.5 Å². The molecule has 1 unspecified atom stereocenters. The third kappa shape index (κ3) is 4.12. The highest BCUT2D eigenvalue weighted by molar-refractivity contribution is 5.43. The predicted octanol–water partition coefficient (Wildman–Crippen LogP) is 2.64. The molecule has 2 atom stereocenters. The van der Waals surface area contributed by atoms with Gasteiger partial charge in [-0.3, -0.25) is 4.90 Å². The van der Waals surface area contributed by atoms with Crippen LogP contribution in [-0.2, 0) is 11.2 Å². The van der Waals surface area contributed by atoms with E-state index in [2.05, 4.69) is 23.1 Å². The van der Waals surface area contributed by atoms with Crippen LogP contribution in [0.3, 0.4) is 0 Å². The Kier molecular flexibility index (Phi) is 5.91. The number of rotatable bonds is 7. The summed E-state index contributed by atoms with van der Waals surface area (Å²) in [5.41, 5.74) is 2.29. The van der Waals surface area contributed by atoms with Crippen molar-refractivity contribution in [2.24, 2.45) is 0 Å². The lowest BCUT2D eigenvalue weighted by atomic mass is 10.1. The maximum Gasteiger partial charge on any atom is 0.160 e. The molecule has 0 spiro atoms. The van der Waals surface area contributed by atoms with E-state index in [9.17, 15) is 5.11 Å². The Balaban J connectivity index is 1.70. The fourth-order valence-electron chi connectivity index (χ4n) is 3.19. The monoisotopic (exact) mass is 343 g/mol. The summed E-state index contributed by atoms with van der Waals surface area (Å²) in [5.74, 6) is 1.48. The number of hydrogen-bond acceptors (Lipinski definition) is 5. The van der Waals surface area contributed by atoms with E-state index in [-0.39, 0.29) is 18.9 Å². The van der Waals surface area contributed by atoms with Crippen molar-refractivity contribution in [1.82, 2.24) is 4.90 Å². The molecule has 1 aliphatic rings. The van der Waals surface area contributed by atoms with Crippen LogP contribution in [0.1, 0.15) is 17.4 Å². The molecule has 0 radical (unpaired) electrons. The lowest BCUT2D eigenvalue weighted by Gasteiger charge is -2.23. The molecule has 1 N–H and O–H groups in total. The normalized spacial score (nSPS) is 20.6. The van der Waals surface area contributed by atoms with E-state index < -0.39 is 0 Å². The molecule has 2 aromatic carbocycles. The number of nitrogens with zero attached hydrogens (tertiary/aromatic N) is 1. The first-order chi connectivity index (χ1) is 12.2. The van der Waals surface area contributed by atoms with E-state index in [0.29, 0.717) is 0 Å². The van der Waals surface area contributed by atoms with Gasteiger partial charge in [-0.1, -0.05) is 36.4 Å². The summed E-state index contributed by atoms with van der Waals surface area (Å²) in [6.45, 7) is 1.60. The Bertz CT molecular complexity index is 677. The first-order valence-corrected chi connectivity index (χ1v) is 8.51. The SMILES string of the molecule is COc1ccc(CCN2CC(CO)O[C@H]2c2ccccc2)cc1OC. The van der Waals surface area contributed by atoms with E-state index in [0.717, 1.165) is 36.6 Å². The summed E-state index contributed by atoms with van der Waals surface area (Å²) in [7, 11) is 3.28. The standard InChI is InChI=1S/C20H25NO4/c1-23-18-9-8-15(12-19(18)24-2)10-11-21-13-17(14-22)25-20(21)16-6-4-3-5-7-16/h3-9,12,17,20,22H,10-11,13-14H2,1-2H3/t17?,20-/m0/s1. The van der Waals surface area contributed by atoms with Gasteiger partial charge in [0, 0.05) is 13.1 Å². The number of benzene rings is 2. The zero-order valence-corrected chi connectivity index (χ0v) is 14.7. The van der Waals surface area contributed by atoms with Crippen molar-refractivity contribution >= 4 is 0 Å². The third-order valence-corrected chi connectivity index (χ3v) is 4.52. The van der Waals surface area contributed by atoms with Gasteiger partial charge in [0.1, 0.15) is 6.23 Å². The van der Waals surface area contributed by atoms with E-state index in [4.69, 9.17) is 14.2 Å². The molecular weight excluding hydrogens is 318 g/mol. The molecule has 0 aliphatic carbocycles. The molecule has 0 bridgehead atoms. The lowest BCUT2D eigenvalue weighted by Crippen LogP contribution is -2.27. The van der Waals surface area contributed by atoms with Crippen LogP contribution in [0.25, 0.3) is 0 Å². The Hall–Kier alpha value is -2.08. The Morgan fingerprint density at radius 2 is 1.84 bits per heavy atom. The van der Waals surface area contributed by atoms with Crippen molar-refractivity contribution in [2.75, 3.05) is 33.9 Å². The van der Waals surface area contributed by atoms with Crippen LogP contribution in [0, 0.1) is 0 Å². The Labute approximate surface area is 148 Å². The third-order valence-electron chi connectivity index (χ3n) is 4.52. The van der Waals surface area contributed by atoms with Crippen LogP contribution >= 0.6 is 0 Å². The maximum atomic E-state index is 9.48. The zero-order chi connectivity index (χ0) is 17.6. The van der Waals surface area contributed by atoms with Crippen molar-refractivity contribution < 1.29 is 19.3 Å². The number of methoxy groups -OCH3 is 2. The summed E-state index contributed by atoms with van der Waals surface area (Å²) < 4.78 is 16.7. The minimum absolute atomic E-state index is 0.0379. The minimum Gasteiger partial charge on any atom is -0.493 e. The van der Waals surface area contributed by atoms with Crippen molar-refractivity contribution in [3.63, 3.8) is 0 Å². The molecule has 134 valence electrons. The maximum absolute atomic E-state index is 9.48. The Morgan fingerprint density at radius 1 is 1.08 bits per heavy atom. The first-order valence-electron chi connectivity index (χ1n) is 8.51. The average Bonchev–Trinajstić information content (AvgIpc) is 3.10. The molecule has 0 saturated carbocycles. The highest BCUT2D eigenvalue weighted by Crippen LogP contribution is 2.31. The summed E-state index contributed by atoms with van der Waals surface area (Å²) in [6.07, 6.45) is 0.611. The largest absolute Gasteiger partial charge is 0.493 e. The number of aliphatic hydroxyl groups is 1. The molecule has 25 heavy (non-hydrogen) atoms. The van der Waals surface area contributed by atoms with Gasteiger partial charge in [0.2, 0.25) is 0 Å². The van der Waals surface area contributed by atoms with Crippen LogP contribution in [0.2, 0.25) is 0 Å². The zero-order valence-electron chi connectivity index (χ0n) is 14.7. The second kappa shape index (κ2) is 8.34. The second-order valence-corrected chi connectivity index (χ2v) is 6.14. The number of aliphatic hydroxyl groups excluding tert-OH is 1. The molecular formula is C20H25NO4. The van der Waals surface area contributed by atoms with Crippen molar-refractivity contribution in [2.45, 2.75) is 18.8 Å². The molecule has 1 aliphatic heterocycles. The quantitative estimate of drug-likeness (QED) is 0.838. The number of hydrogen-bond donors (Lipinski definition) is 1. The summed E-state index contributed by atoms with van der Waals surface area (Å²) in [5, 5.41) is 9.48. The van der Waals surface area contributed by atoms with Gasteiger partial charge in [-0.05, 0) is 29.7 Å². The molecule has 0 amide bonds. The topological polar surface area (TPSA) is 51.2 Å². The van der Waals surface area contributed by atoms with Crippen LogP contribution < -0.4 is 9.47 Å². The average molecular weight is 343 g/mol. The van der Waals surface area contributed by atoms with E-state index in [1.807, 2.05) is 30.3 Å². The molecule has 1 heterocycles. The van der Waals surface area contributed by atoms with Crippen LogP contribution in [0.4, 0.5) is 0 Å². The van der Waals surface area contributed by atoms with Gasteiger partial charge in [0.05, 0.1) is 26.9 Å². The summed E-state index contributed by atoms with van der Waals surface area (Å²) in [4.78, 5) is 2.27. The molecule has 0 aromatic heterocycles. The second-order valence-electron chi connectivity index (χ2n) is 6.14. The van der Waals surface area contributed by atoms with Gasteiger partial charge in [-0.25, -0.2) is 0 Å². The van der Waals surface area contributed by atoms with Crippen LogP contribution in [0.15, 0.2) is 48.5 Å². The van der Waals surface area contributed by atoms with E-state index >= 15 is 0 Å². The first kappa shape index (κ1) is 17.7. The minimum atomic E-state index is -0.143. The Morgan fingerprint density at radius 3 is 2.52 bits per heavy atom. The van der Waals surface area contributed by atoms with Crippen molar-refractivity contribution in [3.8, 4) is 11.5 Å². The highest BCUT2D eigenvalue weighted by atomic mass is 16.5. The van der Waals surface area contributed by atoms with Gasteiger partial charge in [0.25, 0.3) is 0 Å². The van der Waals surface area contributed by atoms with Crippen molar-refractivity contribution in [3.05, 3.63) is 59.7 Å². The molecule has 5 heteroatoms. The van der Waals surface area contributed by atoms with Crippen molar-refractivity contribution in [1.29, 1.82) is 0 Å². The summed E-state index contributed by atoms with van der Waals surface area (Å²) in [6, 6.07) is 16.1. The van der Waals surface area contributed by atoms with Gasteiger partial charge < -0.3 is 19.3 Å². The molecule has 3 rings (SSSR count). The number of ether oxygens (including phenoxy) is 3. The lowest BCUT2D eigenvalue weighted by molar-refractivity contribution is -0.0193. The van der Waals surface area contributed by atoms with E-state index in [1.165, 1.54) is 5.56 Å². The molecule has 1 saturated heterocycles. The summed E-state index contributed by atoms with van der Waals surface area (Å²) >= 11 is 0. The van der Waals surface area contributed by atoms with Gasteiger partial charge in [-0.15, -0.1) is 0 Å². The van der Waals surface area contributed by atoms with Gasteiger partial charge in [-0.2, -0.15) is 0 Å². The fraction of sp³-hybridized carbons (Fsp3) is 0.400. The van der Waals surface area contributed by atoms with E-state index in [1.54, 1.807) is 14.2 Å². The highest BCUT2D eigenvalue weighted by Gasteiger charge is 2.33. The molecule has 1 fully saturated rings. The molecule has 5 nitrogen and oxygen atoms in total. The smallest absolute Gasteiger partial charge is 0.160 e. The predicted molar refractivity (Wildman–Crippen MR) is 96.0 cm³/mol. The van der Waals surface area contributed by atoms with Gasteiger partial charge in [0.15, 0.2) is 11.5 Å². The van der Waals surface area contributed by atoms with Crippen LogP contribution in [-0.4, -0.2) is 50.0 Å². The molecule has 2 aromatic rings. The fourth-order valence-corrected chi connectivity index (χ4v) is 3.19.